The van der Waals surface area contributed by atoms with Crippen LogP contribution >= 0.6 is 11.6 Å². The maximum Gasteiger partial charge on any atom is 0.141 e. The van der Waals surface area contributed by atoms with Gasteiger partial charge in [-0.05, 0) is 30.5 Å². The number of halogens is 2. The minimum Gasteiger partial charge on any atom is -0.369 e. The number of hydrogen-bond donors (Lipinski definition) is 1. The molecule has 4 nitrogen and oxygen atoms in total. The zero-order valence-corrected chi connectivity index (χ0v) is 13.2. The molecule has 6 heteroatoms. The number of nitrogens with zero attached hydrogens (tertiary/aromatic N) is 2. The summed E-state index contributed by atoms with van der Waals surface area (Å²) in [4.78, 5) is 4.40. The first-order valence-corrected chi connectivity index (χ1v) is 7.79. The molecule has 1 N–H and O–H groups in total. The molecule has 2 atom stereocenters. The lowest BCUT2D eigenvalue weighted by Crippen LogP contribution is -2.40. The number of rotatable bonds is 4. The Morgan fingerprint density at radius 3 is 3.09 bits per heavy atom. The smallest absolute Gasteiger partial charge is 0.141 e. The monoisotopic (exact) mass is 323 g/mol. The summed E-state index contributed by atoms with van der Waals surface area (Å²) in [6, 6.07) is 4.97. The Kier molecular flexibility index (Phi) is 4.76. The van der Waals surface area contributed by atoms with E-state index in [-0.39, 0.29) is 17.2 Å². The molecular formula is C16H19ClFN3O. The lowest BCUT2D eigenvalue weighted by molar-refractivity contribution is -0.0178. The number of benzene rings is 1. The lowest BCUT2D eigenvalue weighted by atomic mass is 10.0. The summed E-state index contributed by atoms with van der Waals surface area (Å²) >= 11 is 5.83. The second-order valence-electron chi connectivity index (χ2n) is 5.57. The molecule has 1 saturated heterocycles. The minimum atomic E-state index is -0.391. The van der Waals surface area contributed by atoms with Crippen LogP contribution in [0.4, 0.5) is 4.39 Å². The quantitative estimate of drug-likeness (QED) is 0.939. The van der Waals surface area contributed by atoms with Crippen molar-refractivity contribution in [3.8, 4) is 0 Å². The number of nitrogens with one attached hydrogen (secondary N) is 1. The highest BCUT2D eigenvalue weighted by atomic mass is 35.5. The third-order valence-corrected chi connectivity index (χ3v) is 4.28. The summed E-state index contributed by atoms with van der Waals surface area (Å²) in [5.74, 6) is 0.534. The number of ether oxygens (including phenoxy) is 1. The molecule has 0 saturated carbocycles. The van der Waals surface area contributed by atoms with E-state index in [2.05, 4.69) is 10.3 Å². The van der Waals surface area contributed by atoms with Gasteiger partial charge in [-0.2, -0.15) is 0 Å². The van der Waals surface area contributed by atoms with E-state index in [0.717, 1.165) is 30.8 Å². The van der Waals surface area contributed by atoms with Crippen molar-refractivity contribution in [2.24, 2.45) is 7.05 Å². The van der Waals surface area contributed by atoms with Gasteiger partial charge >= 0.3 is 0 Å². The first kappa shape index (κ1) is 15.5. The Balaban J connectivity index is 1.69. The van der Waals surface area contributed by atoms with Gasteiger partial charge in [0.2, 0.25) is 0 Å². The summed E-state index contributed by atoms with van der Waals surface area (Å²) in [5.41, 5.74) is 0.954. The van der Waals surface area contributed by atoms with E-state index in [0.29, 0.717) is 6.54 Å². The Morgan fingerprint density at radius 1 is 1.50 bits per heavy atom. The number of hydrogen-bond acceptors (Lipinski definition) is 3. The predicted molar refractivity (Wildman–Crippen MR) is 83.2 cm³/mol. The Labute approximate surface area is 134 Å². The summed E-state index contributed by atoms with van der Waals surface area (Å²) in [5, 5.41) is 3.64. The van der Waals surface area contributed by atoms with Crippen molar-refractivity contribution in [2.45, 2.75) is 31.5 Å². The van der Waals surface area contributed by atoms with Gasteiger partial charge < -0.3 is 14.6 Å². The van der Waals surface area contributed by atoms with E-state index < -0.39 is 5.82 Å². The highest BCUT2D eigenvalue weighted by Gasteiger charge is 2.29. The summed E-state index contributed by atoms with van der Waals surface area (Å²) < 4.78 is 21.1. The van der Waals surface area contributed by atoms with Crippen LogP contribution in [-0.4, -0.2) is 22.2 Å². The molecule has 2 aromatic rings. The second kappa shape index (κ2) is 6.77. The van der Waals surface area contributed by atoms with Crippen LogP contribution in [0, 0.1) is 5.82 Å². The van der Waals surface area contributed by atoms with Gasteiger partial charge in [-0.15, -0.1) is 0 Å². The first-order valence-electron chi connectivity index (χ1n) is 7.41. The van der Waals surface area contributed by atoms with Crippen molar-refractivity contribution in [3.05, 3.63) is 52.8 Å². The van der Waals surface area contributed by atoms with E-state index in [9.17, 15) is 4.39 Å². The summed E-state index contributed by atoms with van der Waals surface area (Å²) in [7, 11) is 1.97. The number of aryl methyl sites for hydroxylation is 1. The molecule has 2 heterocycles. The third-order valence-electron chi connectivity index (χ3n) is 3.99. The van der Waals surface area contributed by atoms with Crippen molar-refractivity contribution >= 4 is 11.6 Å². The van der Waals surface area contributed by atoms with E-state index >= 15 is 0 Å². The van der Waals surface area contributed by atoms with Crippen LogP contribution in [-0.2, 0) is 18.3 Å². The molecule has 0 radical (unpaired) electrons. The third kappa shape index (κ3) is 3.32. The molecule has 0 bridgehead atoms. The van der Waals surface area contributed by atoms with Crippen LogP contribution in [0.25, 0.3) is 0 Å². The number of imidazole rings is 1. The van der Waals surface area contributed by atoms with E-state index in [1.165, 1.54) is 6.07 Å². The van der Waals surface area contributed by atoms with Gasteiger partial charge in [-0.1, -0.05) is 17.7 Å². The van der Waals surface area contributed by atoms with Gasteiger partial charge in [0.25, 0.3) is 0 Å². The van der Waals surface area contributed by atoms with Crippen molar-refractivity contribution < 1.29 is 9.13 Å². The van der Waals surface area contributed by atoms with Crippen molar-refractivity contribution in [1.29, 1.82) is 0 Å². The predicted octanol–water partition coefficient (Wildman–Crippen LogP) is 3.22. The molecule has 0 aliphatic carbocycles. The van der Waals surface area contributed by atoms with Gasteiger partial charge in [0.15, 0.2) is 0 Å². The van der Waals surface area contributed by atoms with Crippen LogP contribution in [0.15, 0.2) is 30.6 Å². The number of aromatic nitrogens is 2. The van der Waals surface area contributed by atoms with Gasteiger partial charge in [-0.25, -0.2) is 9.37 Å². The van der Waals surface area contributed by atoms with Crippen LogP contribution in [0.5, 0.6) is 0 Å². The standard InChI is InChI=1S/C16H19ClFN3O/c1-21-7-6-19-16(21)15-14(3-2-8-22-15)20-10-11-4-5-13(18)12(17)9-11/h4-7,9,14-15,20H,2-3,8,10H2,1H3/t14-,15-/m0/s1. The highest BCUT2D eigenvalue weighted by molar-refractivity contribution is 6.30. The Hall–Kier alpha value is -1.43. The van der Waals surface area contributed by atoms with Gasteiger partial charge in [0.1, 0.15) is 17.7 Å². The second-order valence-corrected chi connectivity index (χ2v) is 5.97. The van der Waals surface area contributed by atoms with E-state index in [1.54, 1.807) is 18.3 Å². The minimum absolute atomic E-state index is 0.0651. The van der Waals surface area contributed by atoms with Gasteiger partial charge in [-0.3, -0.25) is 0 Å². The fourth-order valence-corrected chi connectivity index (χ4v) is 3.00. The SMILES string of the molecule is Cn1ccnc1[C@H]1OCCC[C@@H]1NCc1ccc(F)c(Cl)c1. The van der Waals surface area contributed by atoms with Crippen LogP contribution < -0.4 is 5.32 Å². The van der Waals surface area contributed by atoms with Gasteiger partial charge in [0.05, 0.1) is 5.02 Å². The van der Waals surface area contributed by atoms with Crippen LogP contribution in [0.2, 0.25) is 5.02 Å². The van der Waals surface area contributed by atoms with Crippen molar-refractivity contribution in [2.75, 3.05) is 6.61 Å². The molecule has 3 rings (SSSR count). The average Bonchev–Trinajstić information content (AvgIpc) is 2.95. The van der Waals surface area contributed by atoms with Crippen molar-refractivity contribution in [3.63, 3.8) is 0 Å². The molecule has 1 aliphatic rings. The molecule has 1 aromatic carbocycles. The summed E-state index contributed by atoms with van der Waals surface area (Å²) in [6.07, 6.45) is 5.67. The normalized spacial score (nSPS) is 22.0. The lowest BCUT2D eigenvalue weighted by Gasteiger charge is -2.32. The summed E-state index contributed by atoms with van der Waals surface area (Å²) in [6.45, 7) is 1.37. The average molecular weight is 324 g/mol. The topological polar surface area (TPSA) is 39.1 Å². The fraction of sp³-hybridized carbons (Fsp3) is 0.438. The van der Waals surface area contributed by atoms with Crippen molar-refractivity contribution in [1.82, 2.24) is 14.9 Å². The molecule has 0 amide bonds. The maximum absolute atomic E-state index is 13.2. The highest BCUT2D eigenvalue weighted by Crippen LogP contribution is 2.27. The Morgan fingerprint density at radius 2 is 2.36 bits per heavy atom. The first-order chi connectivity index (χ1) is 10.6. The molecule has 0 spiro atoms. The zero-order chi connectivity index (χ0) is 15.5. The largest absolute Gasteiger partial charge is 0.369 e. The molecular weight excluding hydrogens is 305 g/mol. The van der Waals surface area contributed by atoms with Crippen LogP contribution in [0.1, 0.15) is 30.3 Å². The van der Waals surface area contributed by atoms with Crippen LogP contribution in [0.3, 0.4) is 0 Å². The zero-order valence-electron chi connectivity index (χ0n) is 12.4. The van der Waals surface area contributed by atoms with E-state index in [1.807, 2.05) is 17.8 Å². The molecule has 22 heavy (non-hydrogen) atoms. The fourth-order valence-electron chi connectivity index (χ4n) is 2.79. The van der Waals surface area contributed by atoms with Gasteiger partial charge in [0, 0.05) is 38.6 Å². The van der Waals surface area contributed by atoms with E-state index in [4.69, 9.17) is 16.3 Å². The maximum atomic E-state index is 13.2. The molecule has 0 unspecified atom stereocenters. The molecule has 1 aliphatic heterocycles. The molecule has 118 valence electrons. The molecule has 1 fully saturated rings. The Bertz CT molecular complexity index is 646. The molecule has 1 aromatic heterocycles.